The van der Waals surface area contributed by atoms with Crippen LogP contribution < -0.4 is 0 Å². The van der Waals surface area contributed by atoms with Gasteiger partial charge in [-0.1, -0.05) is 13.8 Å². The van der Waals surface area contributed by atoms with E-state index in [1.165, 1.54) is 12.2 Å². The predicted molar refractivity (Wildman–Crippen MR) is 76.6 cm³/mol. The zero-order valence-electron chi connectivity index (χ0n) is 10.4. The summed E-state index contributed by atoms with van der Waals surface area (Å²) in [5, 5.41) is 0. The number of rotatable bonds is 13. The Labute approximate surface area is 109 Å². The summed E-state index contributed by atoms with van der Waals surface area (Å²) < 4.78 is 10.9. The molecule has 0 unspecified atom stereocenters. The number of hydrogen-bond acceptors (Lipinski definition) is 4. The van der Waals surface area contributed by atoms with Crippen LogP contribution in [0.25, 0.3) is 0 Å². The summed E-state index contributed by atoms with van der Waals surface area (Å²) in [6.07, 6.45) is 2.25. The average molecular weight is 265 g/mol. The molecule has 0 saturated carbocycles. The molecule has 16 heavy (non-hydrogen) atoms. The molecule has 0 N–H and O–H groups in total. The second-order valence-electron chi connectivity index (χ2n) is 3.30. The van der Waals surface area contributed by atoms with Gasteiger partial charge in [-0.05, 0) is 24.3 Å². The van der Waals surface area contributed by atoms with Crippen molar-refractivity contribution in [2.45, 2.75) is 19.8 Å². The predicted octanol–water partition coefficient (Wildman–Crippen LogP) is 3.12. The lowest BCUT2D eigenvalue weighted by atomic mass is 10.6. The zero-order valence-corrected chi connectivity index (χ0v) is 12.0. The molecule has 0 aliphatic carbocycles. The van der Waals surface area contributed by atoms with Crippen molar-refractivity contribution in [1.82, 2.24) is 0 Å². The van der Waals surface area contributed by atoms with Crippen LogP contribution in [0.1, 0.15) is 19.8 Å². The molecule has 0 heterocycles. The van der Waals surface area contributed by atoms with Crippen molar-refractivity contribution in [1.29, 1.82) is 0 Å². The van der Waals surface area contributed by atoms with Crippen molar-refractivity contribution in [2.24, 2.45) is 0 Å². The zero-order chi connectivity index (χ0) is 11.9. The highest BCUT2D eigenvalue weighted by atomic mass is 32.2. The maximum Gasteiger partial charge on any atom is 0.0700 e. The molecule has 4 heteroatoms. The van der Waals surface area contributed by atoms with E-state index in [9.17, 15) is 0 Å². The van der Waals surface area contributed by atoms with E-state index in [0.717, 1.165) is 50.1 Å². The van der Waals surface area contributed by atoms with Gasteiger partial charge >= 0.3 is 0 Å². The van der Waals surface area contributed by atoms with Crippen LogP contribution in [0.3, 0.4) is 0 Å². The molecule has 2 nitrogen and oxygen atoms in total. The van der Waals surface area contributed by atoms with Gasteiger partial charge in [0.25, 0.3) is 0 Å². The fourth-order valence-electron chi connectivity index (χ4n) is 1.01. The van der Waals surface area contributed by atoms with E-state index < -0.39 is 0 Å². The van der Waals surface area contributed by atoms with E-state index in [2.05, 4.69) is 13.8 Å². The topological polar surface area (TPSA) is 18.5 Å². The lowest BCUT2D eigenvalue weighted by molar-refractivity contribution is 0.0605. The molecule has 0 aliphatic heterocycles. The quantitative estimate of drug-likeness (QED) is 0.476. The van der Waals surface area contributed by atoms with Gasteiger partial charge in [-0.3, -0.25) is 0 Å². The Bertz CT molecular complexity index is 110. The Kier molecular flexibility index (Phi) is 16.2. The third-order valence-corrected chi connectivity index (χ3v) is 3.94. The van der Waals surface area contributed by atoms with Gasteiger partial charge in [0.05, 0.1) is 26.4 Å². The minimum Gasteiger partial charge on any atom is -0.378 e. The first-order valence-corrected chi connectivity index (χ1v) is 8.33. The lowest BCUT2D eigenvalue weighted by Gasteiger charge is -2.05. The minimum absolute atomic E-state index is 0.726. The standard InChI is InChI=1S/C12H25O2S2/c1-3-9-15-11-7-13-5-6-14-8-12-16-10-4-2/h1,3-12H2,2H3. The highest BCUT2D eigenvalue weighted by Gasteiger charge is 1.91. The summed E-state index contributed by atoms with van der Waals surface area (Å²) in [7, 11) is 0. The van der Waals surface area contributed by atoms with Crippen LogP contribution in [-0.2, 0) is 9.47 Å². The molecule has 0 aromatic heterocycles. The summed E-state index contributed by atoms with van der Waals surface area (Å²) in [4.78, 5) is 0. The van der Waals surface area contributed by atoms with Crippen molar-refractivity contribution >= 4 is 23.5 Å². The SMILES string of the molecule is [CH2]CCSCCOCCOCCSCCC. The first-order valence-electron chi connectivity index (χ1n) is 6.02. The van der Waals surface area contributed by atoms with Crippen molar-refractivity contribution in [3.05, 3.63) is 6.92 Å². The average Bonchev–Trinajstić information content (AvgIpc) is 2.31. The molecule has 1 radical (unpaired) electrons. The molecule has 0 spiro atoms. The molecule has 0 fully saturated rings. The normalized spacial score (nSPS) is 10.9. The first-order chi connectivity index (χ1) is 7.91. The lowest BCUT2D eigenvalue weighted by Crippen LogP contribution is -2.08. The van der Waals surface area contributed by atoms with Gasteiger partial charge in [-0.2, -0.15) is 23.5 Å². The Hall–Kier alpha value is 0.620. The first kappa shape index (κ1) is 16.6. The number of ether oxygens (including phenoxy) is 2. The van der Waals surface area contributed by atoms with Crippen molar-refractivity contribution in [2.75, 3.05) is 49.4 Å². The van der Waals surface area contributed by atoms with E-state index in [1.807, 2.05) is 23.5 Å². The van der Waals surface area contributed by atoms with Gasteiger partial charge in [-0.15, -0.1) is 0 Å². The maximum atomic E-state index is 5.45. The highest BCUT2D eigenvalue weighted by Crippen LogP contribution is 2.01. The van der Waals surface area contributed by atoms with Crippen molar-refractivity contribution in [3.8, 4) is 0 Å². The molecule has 0 aliphatic rings. The summed E-state index contributed by atoms with van der Waals surface area (Å²) in [6.45, 7) is 9.13. The van der Waals surface area contributed by atoms with E-state index in [4.69, 9.17) is 9.47 Å². The van der Waals surface area contributed by atoms with Crippen LogP contribution in [-0.4, -0.2) is 49.4 Å². The van der Waals surface area contributed by atoms with Gasteiger partial charge in [0.2, 0.25) is 0 Å². The van der Waals surface area contributed by atoms with Crippen LogP contribution in [0.5, 0.6) is 0 Å². The van der Waals surface area contributed by atoms with E-state index >= 15 is 0 Å². The third kappa shape index (κ3) is 14.6. The third-order valence-electron chi connectivity index (χ3n) is 1.75. The van der Waals surface area contributed by atoms with Crippen LogP contribution in [0.15, 0.2) is 0 Å². The summed E-state index contributed by atoms with van der Waals surface area (Å²) in [5.74, 6) is 4.55. The Morgan fingerprint density at radius 3 is 1.88 bits per heavy atom. The molecule has 0 aromatic carbocycles. The van der Waals surface area contributed by atoms with Crippen LogP contribution in [0.2, 0.25) is 0 Å². The van der Waals surface area contributed by atoms with Crippen LogP contribution >= 0.6 is 23.5 Å². The van der Waals surface area contributed by atoms with Gasteiger partial charge in [0, 0.05) is 11.5 Å². The van der Waals surface area contributed by atoms with Gasteiger partial charge in [0.1, 0.15) is 0 Å². The van der Waals surface area contributed by atoms with Crippen molar-refractivity contribution < 1.29 is 9.47 Å². The Morgan fingerprint density at radius 1 is 0.812 bits per heavy atom. The second-order valence-corrected chi connectivity index (χ2v) is 5.75. The fraction of sp³-hybridized carbons (Fsp3) is 0.917. The number of thioether (sulfide) groups is 2. The molecule has 0 bridgehead atoms. The molecule has 0 aromatic rings. The van der Waals surface area contributed by atoms with Gasteiger partial charge in [-0.25, -0.2) is 0 Å². The number of hydrogen-bond donors (Lipinski definition) is 0. The van der Waals surface area contributed by atoms with E-state index in [1.54, 1.807) is 0 Å². The molecule has 0 rings (SSSR count). The summed E-state index contributed by atoms with van der Waals surface area (Å²) in [5.41, 5.74) is 0. The van der Waals surface area contributed by atoms with Crippen LogP contribution in [0.4, 0.5) is 0 Å². The molecule has 0 amide bonds. The Balaban J connectivity index is 2.83. The summed E-state index contributed by atoms with van der Waals surface area (Å²) >= 11 is 3.85. The smallest absolute Gasteiger partial charge is 0.0700 e. The summed E-state index contributed by atoms with van der Waals surface area (Å²) in [6, 6.07) is 0. The fourth-order valence-corrected chi connectivity index (χ4v) is 2.38. The second kappa shape index (κ2) is 15.6. The van der Waals surface area contributed by atoms with Gasteiger partial charge in [0.15, 0.2) is 0 Å². The van der Waals surface area contributed by atoms with E-state index in [-0.39, 0.29) is 0 Å². The monoisotopic (exact) mass is 265 g/mol. The largest absolute Gasteiger partial charge is 0.378 e. The maximum absolute atomic E-state index is 5.45. The van der Waals surface area contributed by atoms with E-state index in [0.29, 0.717) is 0 Å². The molecule has 97 valence electrons. The highest BCUT2D eigenvalue weighted by molar-refractivity contribution is 7.99. The Morgan fingerprint density at radius 2 is 1.38 bits per heavy atom. The molecular formula is C12H25O2S2. The molecular weight excluding hydrogens is 240 g/mol. The van der Waals surface area contributed by atoms with Crippen molar-refractivity contribution in [3.63, 3.8) is 0 Å². The molecule has 0 saturated heterocycles. The molecule has 0 atom stereocenters. The van der Waals surface area contributed by atoms with Gasteiger partial charge < -0.3 is 9.47 Å². The van der Waals surface area contributed by atoms with Crippen LogP contribution in [0, 0.1) is 6.92 Å². The minimum atomic E-state index is 0.726.